The van der Waals surface area contributed by atoms with Crippen LogP contribution in [0.15, 0.2) is 54.6 Å². The van der Waals surface area contributed by atoms with E-state index in [4.69, 9.17) is 16.6 Å². The molecular weight excluding hydrogens is 416 g/mol. The normalized spacial score (nSPS) is 14.1. The molecule has 0 saturated heterocycles. The molecule has 0 atom stereocenters. The average Bonchev–Trinajstić information content (AvgIpc) is 3.06. The van der Waals surface area contributed by atoms with Crippen molar-refractivity contribution >= 4 is 28.3 Å². The SMILES string of the molecule is CCc1nc2c(C)cc(Cl)nc2n1Cc1ccc2c(c1)CCc1ccccc1/C2=C/C#N. The predicted octanol–water partition coefficient (Wildman–Crippen LogP) is 6.06. The number of pyridine rings is 1. The molecule has 2 heterocycles. The van der Waals surface area contributed by atoms with Gasteiger partial charge in [0.1, 0.15) is 16.5 Å². The van der Waals surface area contributed by atoms with E-state index in [0.717, 1.165) is 58.5 Å². The van der Waals surface area contributed by atoms with Crippen LogP contribution in [0.5, 0.6) is 0 Å². The van der Waals surface area contributed by atoms with Gasteiger partial charge in [0.25, 0.3) is 0 Å². The number of benzene rings is 2. The number of nitrogens with zero attached hydrogens (tertiary/aromatic N) is 4. The van der Waals surface area contributed by atoms with E-state index < -0.39 is 0 Å². The van der Waals surface area contributed by atoms with E-state index in [2.05, 4.69) is 58.9 Å². The van der Waals surface area contributed by atoms with Crippen LogP contribution in [0.3, 0.4) is 0 Å². The van der Waals surface area contributed by atoms with Crippen molar-refractivity contribution in [2.45, 2.75) is 39.7 Å². The molecule has 0 bridgehead atoms. The Hall–Kier alpha value is -3.42. The van der Waals surface area contributed by atoms with E-state index in [0.29, 0.717) is 11.7 Å². The minimum atomic E-state index is 0.491. The molecule has 0 radical (unpaired) electrons. The van der Waals surface area contributed by atoms with Crippen molar-refractivity contribution in [3.05, 3.63) is 99.0 Å². The summed E-state index contributed by atoms with van der Waals surface area (Å²) in [4.78, 5) is 9.42. The fourth-order valence-corrected chi connectivity index (χ4v) is 4.96. The lowest BCUT2D eigenvalue weighted by molar-refractivity contribution is 0.745. The van der Waals surface area contributed by atoms with Gasteiger partial charge in [-0.15, -0.1) is 0 Å². The molecule has 4 aromatic rings. The van der Waals surface area contributed by atoms with E-state index >= 15 is 0 Å². The molecule has 2 aromatic heterocycles. The molecule has 5 rings (SSSR count). The minimum Gasteiger partial charge on any atom is -0.308 e. The van der Waals surface area contributed by atoms with Gasteiger partial charge >= 0.3 is 0 Å². The van der Waals surface area contributed by atoms with Gasteiger partial charge in [-0.05, 0) is 64.8 Å². The van der Waals surface area contributed by atoms with Gasteiger partial charge in [-0.25, -0.2) is 9.97 Å². The molecule has 1 aliphatic rings. The summed E-state index contributed by atoms with van der Waals surface area (Å²) < 4.78 is 2.17. The Morgan fingerprint density at radius 1 is 1.06 bits per heavy atom. The highest BCUT2D eigenvalue weighted by atomic mass is 35.5. The lowest BCUT2D eigenvalue weighted by atomic mass is 9.93. The van der Waals surface area contributed by atoms with Crippen LogP contribution < -0.4 is 0 Å². The summed E-state index contributed by atoms with van der Waals surface area (Å²) in [6.07, 6.45) is 4.40. The summed E-state index contributed by atoms with van der Waals surface area (Å²) in [5.74, 6) is 1.00. The minimum absolute atomic E-state index is 0.491. The highest BCUT2D eigenvalue weighted by molar-refractivity contribution is 6.29. The highest BCUT2D eigenvalue weighted by Gasteiger charge is 2.19. The third kappa shape index (κ3) is 3.49. The summed E-state index contributed by atoms with van der Waals surface area (Å²) in [5, 5.41) is 9.93. The van der Waals surface area contributed by atoms with Crippen molar-refractivity contribution < 1.29 is 0 Å². The third-order valence-electron chi connectivity index (χ3n) is 6.24. The number of hydrogen-bond acceptors (Lipinski definition) is 3. The molecule has 0 fully saturated rings. The zero-order valence-electron chi connectivity index (χ0n) is 18.2. The van der Waals surface area contributed by atoms with Crippen LogP contribution in [0.25, 0.3) is 16.7 Å². The summed E-state index contributed by atoms with van der Waals surface area (Å²) in [6.45, 7) is 4.82. The topological polar surface area (TPSA) is 54.5 Å². The Morgan fingerprint density at radius 2 is 1.84 bits per heavy atom. The van der Waals surface area contributed by atoms with Crippen LogP contribution in [-0.4, -0.2) is 14.5 Å². The second kappa shape index (κ2) is 8.26. The number of halogens is 1. The molecule has 4 nitrogen and oxygen atoms in total. The number of rotatable bonds is 3. The Kier molecular flexibility index (Phi) is 5.28. The predicted molar refractivity (Wildman–Crippen MR) is 129 cm³/mol. The third-order valence-corrected chi connectivity index (χ3v) is 6.43. The van der Waals surface area contributed by atoms with Gasteiger partial charge in [0.2, 0.25) is 0 Å². The lowest BCUT2D eigenvalue weighted by Crippen LogP contribution is -2.06. The molecule has 2 aromatic carbocycles. The number of allylic oxidation sites excluding steroid dienone is 1. The van der Waals surface area contributed by atoms with E-state index in [9.17, 15) is 5.26 Å². The van der Waals surface area contributed by atoms with Gasteiger partial charge in [-0.3, -0.25) is 0 Å². The van der Waals surface area contributed by atoms with E-state index in [1.165, 1.54) is 16.7 Å². The molecule has 0 unspecified atom stereocenters. The van der Waals surface area contributed by atoms with Crippen molar-refractivity contribution in [2.75, 3.05) is 0 Å². The standard InChI is InChI=1S/C27H23ClN4/c1-3-25-31-26-17(2)14-24(28)30-27(26)32(25)16-18-8-11-22-20(15-18)10-9-19-6-4-5-7-21(19)23(22)12-13-29/h4-8,11-12,14-15H,3,9-10,16H2,1-2H3/b23-12-. The van der Waals surface area contributed by atoms with Crippen molar-refractivity contribution in [3.63, 3.8) is 0 Å². The first-order chi connectivity index (χ1) is 15.6. The molecule has 5 heteroatoms. The molecular formula is C27H23ClN4. The van der Waals surface area contributed by atoms with Gasteiger partial charge in [-0.1, -0.05) is 61.0 Å². The van der Waals surface area contributed by atoms with E-state index in [-0.39, 0.29) is 0 Å². The number of hydrogen-bond donors (Lipinski definition) is 0. The largest absolute Gasteiger partial charge is 0.308 e. The number of imidazole rings is 1. The number of aromatic nitrogens is 3. The Labute approximate surface area is 192 Å². The van der Waals surface area contributed by atoms with Crippen LogP contribution in [-0.2, 0) is 25.8 Å². The van der Waals surface area contributed by atoms with Gasteiger partial charge in [0.05, 0.1) is 12.6 Å². The molecule has 0 spiro atoms. The summed E-state index contributed by atoms with van der Waals surface area (Å²) in [5.41, 5.74) is 9.84. The van der Waals surface area contributed by atoms with E-state index in [1.54, 1.807) is 6.08 Å². The van der Waals surface area contributed by atoms with E-state index in [1.807, 2.05) is 19.1 Å². The molecule has 0 amide bonds. The second-order valence-corrected chi connectivity index (χ2v) is 8.62. The maximum atomic E-state index is 9.44. The van der Waals surface area contributed by atoms with Gasteiger partial charge < -0.3 is 4.57 Å². The smallest absolute Gasteiger partial charge is 0.162 e. The zero-order valence-corrected chi connectivity index (χ0v) is 18.9. The van der Waals surface area contributed by atoms with Crippen molar-refractivity contribution in [2.24, 2.45) is 0 Å². The van der Waals surface area contributed by atoms with Crippen molar-refractivity contribution in [1.29, 1.82) is 5.26 Å². The average molecular weight is 439 g/mol. The highest BCUT2D eigenvalue weighted by Crippen LogP contribution is 2.34. The molecule has 1 aliphatic carbocycles. The first-order valence-corrected chi connectivity index (χ1v) is 11.3. The first kappa shape index (κ1) is 20.5. The van der Waals surface area contributed by atoms with Crippen LogP contribution in [0, 0.1) is 18.3 Å². The molecule has 0 saturated carbocycles. The molecule has 0 N–H and O–H groups in total. The van der Waals surface area contributed by atoms with Gasteiger partial charge in [-0.2, -0.15) is 5.26 Å². The van der Waals surface area contributed by atoms with Crippen LogP contribution >= 0.6 is 11.6 Å². The molecule has 0 aliphatic heterocycles. The zero-order chi connectivity index (χ0) is 22.2. The van der Waals surface area contributed by atoms with Gasteiger partial charge in [0.15, 0.2) is 5.65 Å². The Balaban J connectivity index is 1.59. The summed E-state index contributed by atoms with van der Waals surface area (Å²) in [6, 6.07) is 19.1. The summed E-state index contributed by atoms with van der Waals surface area (Å²) >= 11 is 6.27. The quantitative estimate of drug-likeness (QED) is 0.288. The maximum absolute atomic E-state index is 9.44. The molecule has 32 heavy (non-hydrogen) atoms. The number of aryl methyl sites for hydroxylation is 4. The van der Waals surface area contributed by atoms with Crippen molar-refractivity contribution in [1.82, 2.24) is 14.5 Å². The van der Waals surface area contributed by atoms with Crippen LogP contribution in [0.1, 0.15) is 46.1 Å². The summed E-state index contributed by atoms with van der Waals surface area (Å²) in [7, 11) is 0. The Morgan fingerprint density at radius 3 is 2.66 bits per heavy atom. The van der Waals surface area contributed by atoms with Gasteiger partial charge in [0, 0.05) is 12.5 Å². The van der Waals surface area contributed by atoms with Crippen LogP contribution in [0.4, 0.5) is 0 Å². The molecule has 158 valence electrons. The Bertz CT molecular complexity index is 1420. The van der Waals surface area contributed by atoms with Crippen molar-refractivity contribution in [3.8, 4) is 6.07 Å². The lowest BCUT2D eigenvalue weighted by Gasteiger charge is -2.13. The fraction of sp³-hybridized carbons (Fsp3) is 0.222. The second-order valence-electron chi connectivity index (χ2n) is 8.24. The number of nitriles is 1. The maximum Gasteiger partial charge on any atom is 0.162 e. The fourth-order valence-electron chi connectivity index (χ4n) is 4.72. The van der Waals surface area contributed by atoms with Crippen LogP contribution in [0.2, 0.25) is 5.15 Å². The monoisotopic (exact) mass is 438 g/mol. The first-order valence-electron chi connectivity index (χ1n) is 10.9. The number of fused-ring (bicyclic) bond motifs is 3.